The summed E-state index contributed by atoms with van der Waals surface area (Å²) in [7, 11) is 3.31. The van der Waals surface area contributed by atoms with Crippen molar-refractivity contribution in [2.45, 2.75) is 24.7 Å². The summed E-state index contributed by atoms with van der Waals surface area (Å²) in [5, 5.41) is 3.00. The molecule has 0 atom stereocenters. The van der Waals surface area contributed by atoms with E-state index in [2.05, 4.69) is 5.32 Å². The Labute approximate surface area is 114 Å². The predicted molar refractivity (Wildman–Crippen MR) is 73.4 cm³/mol. The van der Waals surface area contributed by atoms with Crippen molar-refractivity contribution < 1.29 is 14.3 Å². The number of ether oxygens (including phenoxy) is 2. The highest BCUT2D eigenvalue weighted by atomic mass is 16.5. The predicted octanol–water partition coefficient (Wildman–Crippen LogP) is 1.88. The fourth-order valence-corrected chi connectivity index (χ4v) is 2.37. The van der Waals surface area contributed by atoms with E-state index in [0.29, 0.717) is 13.2 Å². The van der Waals surface area contributed by atoms with E-state index in [4.69, 9.17) is 9.47 Å². The number of rotatable bonds is 7. The van der Waals surface area contributed by atoms with Crippen LogP contribution < -0.4 is 10.1 Å². The minimum Gasteiger partial charge on any atom is -0.496 e. The lowest BCUT2D eigenvalue weighted by atomic mass is 9.94. The van der Waals surface area contributed by atoms with Crippen LogP contribution in [0.15, 0.2) is 24.3 Å². The Bertz CT molecular complexity index is 441. The second-order valence-corrected chi connectivity index (χ2v) is 4.88. The summed E-state index contributed by atoms with van der Waals surface area (Å²) in [5.41, 5.74) is 0.626. The third-order valence-electron chi connectivity index (χ3n) is 3.62. The normalized spacial score (nSPS) is 15.9. The third kappa shape index (κ3) is 2.89. The molecule has 0 heterocycles. The molecule has 0 saturated heterocycles. The Morgan fingerprint density at radius 2 is 2.05 bits per heavy atom. The van der Waals surface area contributed by atoms with E-state index in [1.807, 2.05) is 24.3 Å². The van der Waals surface area contributed by atoms with Gasteiger partial charge < -0.3 is 14.8 Å². The molecule has 2 rings (SSSR count). The largest absolute Gasteiger partial charge is 0.496 e. The van der Waals surface area contributed by atoms with Gasteiger partial charge in [-0.05, 0) is 25.3 Å². The number of benzene rings is 1. The van der Waals surface area contributed by atoms with Crippen molar-refractivity contribution in [2.75, 3.05) is 27.4 Å². The Morgan fingerprint density at radius 3 is 2.68 bits per heavy atom. The summed E-state index contributed by atoms with van der Waals surface area (Å²) in [6.07, 6.45) is 2.62. The fourth-order valence-electron chi connectivity index (χ4n) is 2.37. The molecule has 0 aromatic heterocycles. The molecule has 4 nitrogen and oxygen atoms in total. The van der Waals surface area contributed by atoms with Crippen LogP contribution in [0.1, 0.15) is 24.8 Å². The third-order valence-corrected chi connectivity index (χ3v) is 3.62. The maximum Gasteiger partial charge on any atom is 0.230 e. The monoisotopic (exact) mass is 263 g/mol. The lowest BCUT2D eigenvalue weighted by Crippen LogP contribution is -2.35. The molecule has 0 unspecified atom stereocenters. The topological polar surface area (TPSA) is 47.6 Å². The maximum absolute atomic E-state index is 12.4. The first-order chi connectivity index (χ1) is 9.24. The maximum atomic E-state index is 12.4. The van der Waals surface area contributed by atoms with E-state index in [1.54, 1.807) is 14.2 Å². The van der Waals surface area contributed by atoms with Crippen LogP contribution in [0.3, 0.4) is 0 Å². The van der Waals surface area contributed by atoms with Crippen LogP contribution in [0.5, 0.6) is 5.75 Å². The van der Waals surface area contributed by atoms with Gasteiger partial charge in [0, 0.05) is 25.8 Å². The molecule has 0 radical (unpaired) electrons. The highest BCUT2D eigenvalue weighted by Gasteiger charge is 2.52. The van der Waals surface area contributed by atoms with Gasteiger partial charge >= 0.3 is 0 Å². The molecule has 0 aliphatic heterocycles. The molecule has 1 aromatic rings. The Morgan fingerprint density at radius 1 is 1.32 bits per heavy atom. The van der Waals surface area contributed by atoms with Crippen molar-refractivity contribution in [1.29, 1.82) is 0 Å². The van der Waals surface area contributed by atoms with Crippen LogP contribution >= 0.6 is 0 Å². The summed E-state index contributed by atoms with van der Waals surface area (Å²) in [6.45, 7) is 1.32. The Kier molecular flexibility index (Phi) is 4.43. The average Bonchev–Trinajstić information content (AvgIpc) is 3.25. The van der Waals surface area contributed by atoms with Crippen molar-refractivity contribution in [2.24, 2.45) is 0 Å². The molecule has 4 heteroatoms. The van der Waals surface area contributed by atoms with Crippen LogP contribution in [-0.2, 0) is 14.9 Å². The van der Waals surface area contributed by atoms with Gasteiger partial charge in [-0.3, -0.25) is 4.79 Å². The van der Waals surface area contributed by atoms with Gasteiger partial charge in [-0.2, -0.15) is 0 Å². The second kappa shape index (κ2) is 6.06. The lowest BCUT2D eigenvalue weighted by Gasteiger charge is -2.18. The highest BCUT2D eigenvalue weighted by molar-refractivity contribution is 5.92. The van der Waals surface area contributed by atoms with Gasteiger partial charge in [0.2, 0.25) is 5.91 Å². The standard InChI is InChI=1S/C15H21NO3/c1-18-11-5-10-16-14(17)15(8-9-15)12-6-3-4-7-13(12)19-2/h3-4,6-7H,5,8-11H2,1-2H3,(H,16,17). The molecule has 1 N–H and O–H groups in total. The van der Waals surface area contributed by atoms with Crippen molar-refractivity contribution in [3.8, 4) is 5.75 Å². The molecule has 1 amide bonds. The molecule has 1 aromatic carbocycles. The lowest BCUT2D eigenvalue weighted by molar-refractivity contribution is -0.123. The fraction of sp³-hybridized carbons (Fsp3) is 0.533. The number of para-hydroxylation sites is 1. The molecule has 1 saturated carbocycles. The van der Waals surface area contributed by atoms with Crippen LogP contribution in [0, 0.1) is 0 Å². The molecule has 19 heavy (non-hydrogen) atoms. The van der Waals surface area contributed by atoms with Crippen LogP contribution in [0.2, 0.25) is 0 Å². The Balaban J connectivity index is 2.04. The van der Waals surface area contributed by atoms with Crippen LogP contribution in [0.4, 0.5) is 0 Å². The van der Waals surface area contributed by atoms with Crippen molar-refractivity contribution in [3.63, 3.8) is 0 Å². The minimum absolute atomic E-state index is 0.105. The zero-order valence-electron chi connectivity index (χ0n) is 11.6. The second-order valence-electron chi connectivity index (χ2n) is 4.88. The first-order valence-electron chi connectivity index (χ1n) is 6.65. The van der Waals surface area contributed by atoms with E-state index in [0.717, 1.165) is 30.6 Å². The smallest absolute Gasteiger partial charge is 0.230 e. The minimum atomic E-state index is -0.375. The summed E-state index contributed by atoms with van der Waals surface area (Å²) < 4.78 is 10.3. The highest BCUT2D eigenvalue weighted by Crippen LogP contribution is 2.51. The molecule has 1 aliphatic rings. The van der Waals surface area contributed by atoms with Gasteiger partial charge in [0.05, 0.1) is 12.5 Å². The van der Waals surface area contributed by atoms with Gasteiger partial charge in [-0.15, -0.1) is 0 Å². The molecule has 0 spiro atoms. The van der Waals surface area contributed by atoms with E-state index >= 15 is 0 Å². The number of hydrogen-bond acceptors (Lipinski definition) is 3. The number of methoxy groups -OCH3 is 2. The van der Waals surface area contributed by atoms with Gasteiger partial charge in [0.1, 0.15) is 5.75 Å². The number of carbonyl (C=O) groups is 1. The number of carbonyl (C=O) groups excluding carboxylic acids is 1. The van der Waals surface area contributed by atoms with E-state index in [1.165, 1.54) is 0 Å². The van der Waals surface area contributed by atoms with Gasteiger partial charge in [-0.1, -0.05) is 18.2 Å². The van der Waals surface area contributed by atoms with E-state index in [-0.39, 0.29) is 11.3 Å². The number of hydrogen-bond donors (Lipinski definition) is 1. The van der Waals surface area contributed by atoms with Crippen molar-refractivity contribution in [3.05, 3.63) is 29.8 Å². The molecule has 1 fully saturated rings. The zero-order valence-corrected chi connectivity index (χ0v) is 11.6. The Hall–Kier alpha value is -1.55. The number of amides is 1. The molecule has 0 bridgehead atoms. The van der Waals surface area contributed by atoms with Gasteiger partial charge in [-0.25, -0.2) is 0 Å². The van der Waals surface area contributed by atoms with E-state index < -0.39 is 0 Å². The first-order valence-corrected chi connectivity index (χ1v) is 6.65. The quantitative estimate of drug-likeness (QED) is 0.764. The van der Waals surface area contributed by atoms with E-state index in [9.17, 15) is 4.79 Å². The van der Waals surface area contributed by atoms with Gasteiger partial charge in [0.15, 0.2) is 0 Å². The van der Waals surface area contributed by atoms with Crippen molar-refractivity contribution >= 4 is 5.91 Å². The molecular formula is C15H21NO3. The van der Waals surface area contributed by atoms with Crippen molar-refractivity contribution in [1.82, 2.24) is 5.32 Å². The molecule has 104 valence electrons. The van der Waals surface area contributed by atoms with Gasteiger partial charge in [0.25, 0.3) is 0 Å². The summed E-state index contributed by atoms with van der Waals surface area (Å²) in [4.78, 5) is 12.4. The average molecular weight is 263 g/mol. The van der Waals surface area contributed by atoms with Crippen LogP contribution in [0.25, 0.3) is 0 Å². The summed E-state index contributed by atoms with van der Waals surface area (Å²) in [6, 6.07) is 7.78. The summed E-state index contributed by atoms with van der Waals surface area (Å²) >= 11 is 0. The molecule has 1 aliphatic carbocycles. The van der Waals surface area contributed by atoms with Crippen LogP contribution in [-0.4, -0.2) is 33.3 Å². The first kappa shape index (κ1) is 13.9. The summed E-state index contributed by atoms with van der Waals surface area (Å²) in [5.74, 6) is 0.903. The zero-order chi connectivity index (χ0) is 13.7. The number of nitrogens with one attached hydrogen (secondary N) is 1. The SMILES string of the molecule is COCCCNC(=O)C1(c2ccccc2OC)CC1. The molecular weight excluding hydrogens is 242 g/mol.